The number of aromatic nitrogens is 5. The van der Waals surface area contributed by atoms with E-state index in [2.05, 4.69) is 15.1 Å². The lowest BCUT2D eigenvalue weighted by atomic mass is 10.0. The van der Waals surface area contributed by atoms with Crippen LogP contribution in [0.25, 0.3) is 5.69 Å². The van der Waals surface area contributed by atoms with Crippen molar-refractivity contribution in [3.05, 3.63) is 94.8 Å². The number of aryl methyl sites for hydroxylation is 4. The zero-order valence-corrected chi connectivity index (χ0v) is 17.6. The van der Waals surface area contributed by atoms with Crippen LogP contribution in [0.4, 0.5) is 17.6 Å². The second kappa shape index (κ2) is 8.57. The van der Waals surface area contributed by atoms with Gasteiger partial charge >= 0.3 is 6.18 Å². The lowest BCUT2D eigenvalue weighted by molar-refractivity contribution is -0.138. The normalized spacial score (nSPS) is 11.8. The SMILES string of the molecule is Cc1ccc(C)c(-n2nc(CCn3ccnc3)nc2Cc2ccc(F)cc2C(F)(F)F)c1. The van der Waals surface area contributed by atoms with Crippen molar-refractivity contribution in [3.8, 4) is 5.69 Å². The molecule has 0 radical (unpaired) electrons. The van der Waals surface area contributed by atoms with E-state index in [0.717, 1.165) is 28.9 Å². The third kappa shape index (κ3) is 4.71. The first-order chi connectivity index (χ1) is 15.2. The van der Waals surface area contributed by atoms with E-state index >= 15 is 0 Å². The Morgan fingerprint density at radius 3 is 2.56 bits per heavy atom. The molecule has 0 atom stereocenters. The molecule has 166 valence electrons. The number of hydrogen-bond acceptors (Lipinski definition) is 3. The molecule has 4 aromatic rings. The molecular formula is C23H21F4N5. The highest BCUT2D eigenvalue weighted by molar-refractivity contribution is 5.44. The highest BCUT2D eigenvalue weighted by Gasteiger charge is 2.34. The molecule has 0 bridgehead atoms. The quantitative estimate of drug-likeness (QED) is 0.391. The van der Waals surface area contributed by atoms with Gasteiger partial charge in [0, 0.05) is 31.8 Å². The average Bonchev–Trinajstić information content (AvgIpc) is 3.39. The van der Waals surface area contributed by atoms with Gasteiger partial charge < -0.3 is 4.57 Å². The van der Waals surface area contributed by atoms with E-state index in [-0.39, 0.29) is 12.0 Å². The van der Waals surface area contributed by atoms with Gasteiger partial charge in [-0.05, 0) is 48.7 Å². The van der Waals surface area contributed by atoms with Gasteiger partial charge in [0.2, 0.25) is 0 Å². The minimum atomic E-state index is -4.67. The average molecular weight is 443 g/mol. The third-order valence-electron chi connectivity index (χ3n) is 5.19. The summed E-state index contributed by atoms with van der Waals surface area (Å²) in [5.74, 6) is -0.0696. The predicted octanol–water partition coefficient (Wildman–Crippen LogP) is 5.07. The molecule has 9 heteroatoms. The Bertz CT molecular complexity index is 1230. The van der Waals surface area contributed by atoms with Gasteiger partial charge in [0.15, 0.2) is 5.82 Å². The van der Waals surface area contributed by atoms with E-state index in [0.29, 0.717) is 30.7 Å². The van der Waals surface area contributed by atoms with Gasteiger partial charge in [0.05, 0.1) is 17.6 Å². The second-order valence-corrected chi connectivity index (χ2v) is 7.67. The summed E-state index contributed by atoms with van der Waals surface area (Å²) in [7, 11) is 0. The monoisotopic (exact) mass is 443 g/mol. The lowest BCUT2D eigenvalue weighted by Crippen LogP contribution is -2.12. The van der Waals surface area contributed by atoms with Gasteiger partial charge in [-0.25, -0.2) is 19.0 Å². The maximum absolute atomic E-state index is 13.6. The molecule has 0 aliphatic carbocycles. The van der Waals surface area contributed by atoms with Crippen molar-refractivity contribution in [1.29, 1.82) is 0 Å². The van der Waals surface area contributed by atoms with E-state index in [1.807, 2.05) is 42.8 Å². The maximum atomic E-state index is 13.6. The molecule has 4 rings (SSSR count). The minimum absolute atomic E-state index is 0.0565. The van der Waals surface area contributed by atoms with Gasteiger partial charge in [-0.3, -0.25) is 0 Å². The van der Waals surface area contributed by atoms with Crippen LogP contribution < -0.4 is 0 Å². The van der Waals surface area contributed by atoms with Crippen LogP contribution in [0.2, 0.25) is 0 Å². The molecule has 32 heavy (non-hydrogen) atoms. The molecule has 0 aliphatic heterocycles. The van der Waals surface area contributed by atoms with Crippen LogP contribution in [0, 0.1) is 19.7 Å². The van der Waals surface area contributed by atoms with E-state index in [1.165, 1.54) is 0 Å². The summed E-state index contributed by atoms with van der Waals surface area (Å²) in [4.78, 5) is 8.56. The molecular weight excluding hydrogens is 422 g/mol. The summed E-state index contributed by atoms with van der Waals surface area (Å²) in [5.41, 5.74) is 1.59. The van der Waals surface area contributed by atoms with Crippen molar-refractivity contribution in [3.63, 3.8) is 0 Å². The first-order valence-electron chi connectivity index (χ1n) is 10.0. The molecule has 2 aromatic carbocycles. The topological polar surface area (TPSA) is 48.5 Å². The molecule has 0 saturated heterocycles. The second-order valence-electron chi connectivity index (χ2n) is 7.67. The zero-order chi connectivity index (χ0) is 22.9. The van der Waals surface area contributed by atoms with Crippen molar-refractivity contribution in [2.75, 3.05) is 0 Å². The Labute approximate surface area is 182 Å². The molecule has 0 aliphatic rings. The number of benzene rings is 2. The molecule has 0 amide bonds. The fourth-order valence-electron chi connectivity index (χ4n) is 3.54. The molecule has 0 spiro atoms. The Morgan fingerprint density at radius 1 is 1.03 bits per heavy atom. The lowest BCUT2D eigenvalue weighted by Gasteiger charge is -2.14. The minimum Gasteiger partial charge on any atom is -0.337 e. The van der Waals surface area contributed by atoms with E-state index in [1.54, 1.807) is 17.2 Å². The molecule has 0 unspecified atom stereocenters. The van der Waals surface area contributed by atoms with E-state index < -0.39 is 17.6 Å². The molecule has 5 nitrogen and oxygen atoms in total. The molecule has 0 N–H and O–H groups in total. The van der Waals surface area contributed by atoms with Gasteiger partial charge in [-0.1, -0.05) is 18.2 Å². The van der Waals surface area contributed by atoms with Crippen LogP contribution in [0.1, 0.15) is 33.9 Å². The van der Waals surface area contributed by atoms with Gasteiger partial charge in [-0.2, -0.15) is 18.3 Å². The van der Waals surface area contributed by atoms with Crippen LogP contribution in [-0.2, 0) is 25.6 Å². The number of alkyl halides is 3. The standard InChI is InChI=1S/C23H21F4N5/c1-15-3-4-16(2)20(11-15)32-22(29-21(30-32)7-9-31-10-8-28-14-31)12-17-5-6-18(24)13-19(17)23(25,26)27/h3-6,8,10-11,13-14H,7,9,12H2,1-2H3. The number of nitrogens with zero attached hydrogens (tertiary/aromatic N) is 5. The highest BCUT2D eigenvalue weighted by Crippen LogP contribution is 2.33. The first kappa shape index (κ1) is 21.7. The fraction of sp³-hybridized carbons (Fsp3) is 0.261. The third-order valence-corrected chi connectivity index (χ3v) is 5.19. The van der Waals surface area contributed by atoms with Crippen molar-refractivity contribution in [1.82, 2.24) is 24.3 Å². The molecule has 2 heterocycles. The number of imidazole rings is 1. The van der Waals surface area contributed by atoms with Crippen LogP contribution in [0.15, 0.2) is 55.1 Å². The summed E-state index contributed by atoms with van der Waals surface area (Å²) in [6.45, 7) is 4.42. The largest absolute Gasteiger partial charge is 0.416 e. The van der Waals surface area contributed by atoms with Crippen LogP contribution >= 0.6 is 0 Å². The smallest absolute Gasteiger partial charge is 0.337 e. The van der Waals surface area contributed by atoms with E-state index in [9.17, 15) is 17.6 Å². The highest BCUT2D eigenvalue weighted by atomic mass is 19.4. The molecule has 2 aromatic heterocycles. The van der Waals surface area contributed by atoms with Crippen molar-refractivity contribution >= 4 is 0 Å². The Hall–Kier alpha value is -3.49. The van der Waals surface area contributed by atoms with E-state index in [4.69, 9.17) is 0 Å². The maximum Gasteiger partial charge on any atom is 0.416 e. The summed E-state index contributed by atoms with van der Waals surface area (Å²) < 4.78 is 57.6. The van der Waals surface area contributed by atoms with Gasteiger partial charge in [0.1, 0.15) is 11.6 Å². The molecule has 0 fully saturated rings. The number of halogens is 4. The Kier molecular flexibility index (Phi) is 5.82. The van der Waals surface area contributed by atoms with Crippen LogP contribution in [-0.4, -0.2) is 24.3 Å². The number of hydrogen-bond donors (Lipinski definition) is 0. The van der Waals surface area contributed by atoms with Crippen molar-refractivity contribution in [2.24, 2.45) is 0 Å². The van der Waals surface area contributed by atoms with Crippen LogP contribution in [0.3, 0.4) is 0 Å². The predicted molar refractivity (Wildman–Crippen MR) is 111 cm³/mol. The van der Waals surface area contributed by atoms with Crippen molar-refractivity contribution in [2.45, 2.75) is 39.4 Å². The van der Waals surface area contributed by atoms with Gasteiger partial charge in [-0.15, -0.1) is 0 Å². The summed E-state index contributed by atoms with van der Waals surface area (Å²) in [5, 5.41) is 4.60. The summed E-state index contributed by atoms with van der Waals surface area (Å²) in [6, 6.07) is 8.52. The zero-order valence-electron chi connectivity index (χ0n) is 17.6. The fourth-order valence-corrected chi connectivity index (χ4v) is 3.54. The van der Waals surface area contributed by atoms with Crippen molar-refractivity contribution < 1.29 is 17.6 Å². The Morgan fingerprint density at radius 2 is 1.84 bits per heavy atom. The van der Waals surface area contributed by atoms with Gasteiger partial charge in [0.25, 0.3) is 0 Å². The van der Waals surface area contributed by atoms with Crippen LogP contribution in [0.5, 0.6) is 0 Å². The Balaban J connectivity index is 1.76. The number of rotatable bonds is 6. The summed E-state index contributed by atoms with van der Waals surface area (Å²) in [6.07, 6.45) is 0.831. The summed E-state index contributed by atoms with van der Waals surface area (Å²) >= 11 is 0. The molecule has 0 saturated carbocycles. The first-order valence-corrected chi connectivity index (χ1v) is 10.0.